The van der Waals surface area contributed by atoms with Crippen LogP contribution in [0.4, 0.5) is 5.69 Å². The standard InChI is InChI=1S/C30H38N2O5/c1-5-7-9-14-25(33)32-30(28(35)21-12-11-13-23(31)27(21)29(30)36)22-17-16-20(19(3)4)18-24(22)37-26(34)15-10-8-6-2/h11-13,16-19H,5-10,14-15,31H2,1-4H3,(H,32,33). The van der Waals surface area contributed by atoms with Crippen LogP contribution in [0.2, 0.25) is 0 Å². The van der Waals surface area contributed by atoms with E-state index in [1.807, 2.05) is 27.7 Å². The Morgan fingerprint density at radius 3 is 2.24 bits per heavy atom. The van der Waals surface area contributed by atoms with Crippen LogP contribution in [-0.4, -0.2) is 23.4 Å². The highest BCUT2D eigenvalue weighted by molar-refractivity contribution is 6.35. The molecule has 0 fully saturated rings. The average molecular weight is 507 g/mol. The van der Waals surface area contributed by atoms with E-state index in [-0.39, 0.29) is 46.9 Å². The number of benzene rings is 2. The lowest BCUT2D eigenvalue weighted by Gasteiger charge is -2.30. The van der Waals surface area contributed by atoms with Gasteiger partial charge in [-0.15, -0.1) is 0 Å². The molecule has 0 aliphatic heterocycles. The van der Waals surface area contributed by atoms with Crippen molar-refractivity contribution in [1.82, 2.24) is 5.32 Å². The molecular formula is C30H38N2O5. The molecule has 1 atom stereocenters. The molecule has 2 aromatic rings. The van der Waals surface area contributed by atoms with Gasteiger partial charge in [-0.05, 0) is 36.5 Å². The second kappa shape index (κ2) is 12.2. The summed E-state index contributed by atoms with van der Waals surface area (Å²) in [5.74, 6) is -1.85. The highest BCUT2D eigenvalue weighted by Crippen LogP contribution is 2.44. The number of nitrogen functional groups attached to an aromatic ring is 1. The second-order valence-electron chi connectivity index (χ2n) is 10.0. The van der Waals surface area contributed by atoms with Crippen LogP contribution < -0.4 is 15.8 Å². The third-order valence-electron chi connectivity index (χ3n) is 6.87. The molecule has 0 radical (unpaired) electrons. The lowest BCUT2D eigenvalue weighted by atomic mass is 9.82. The maximum absolute atomic E-state index is 14.0. The summed E-state index contributed by atoms with van der Waals surface area (Å²) in [4.78, 5) is 53.9. The Kier molecular flexibility index (Phi) is 9.24. The van der Waals surface area contributed by atoms with Gasteiger partial charge in [-0.3, -0.25) is 19.2 Å². The first-order valence-corrected chi connectivity index (χ1v) is 13.3. The van der Waals surface area contributed by atoms with E-state index < -0.39 is 29.0 Å². The molecule has 0 saturated carbocycles. The average Bonchev–Trinajstić information content (AvgIpc) is 3.07. The molecule has 3 N–H and O–H groups in total. The minimum Gasteiger partial charge on any atom is -0.426 e. The number of ether oxygens (including phenoxy) is 1. The fourth-order valence-corrected chi connectivity index (χ4v) is 4.72. The van der Waals surface area contributed by atoms with Crippen molar-refractivity contribution >= 4 is 29.1 Å². The van der Waals surface area contributed by atoms with E-state index >= 15 is 0 Å². The fraction of sp³-hybridized carbons (Fsp3) is 0.467. The summed E-state index contributed by atoms with van der Waals surface area (Å²) in [5, 5.41) is 2.77. The highest BCUT2D eigenvalue weighted by atomic mass is 16.5. The summed E-state index contributed by atoms with van der Waals surface area (Å²) in [7, 11) is 0. The van der Waals surface area contributed by atoms with E-state index in [9.17, 15) is 19.2 Å². The zero-order chi connectivity index (χ0) is 27.2. The summed E-state index contributed by atoms with van der Waals surface area (Å²) in [6.07, 6.45) is 5.29. The van der Waals surface area contributed by atoms with Crippen LogP contribution >= 0.6 is 0 Å². The third-order valence-corrected chi connectivity index (χ3v) is 6.87. The quantitative estimate of drug-likeness (QED) is 0.123. The van der Waals surface area contributed by atoms with Gasteiger partial charge in [-0.1, -0.05) is 77.6 Å². The summed E-state index contributed by atoms with van der Waals surface area (Å²) in [6.45, 7) is 8.06. The number of esters is 1. The lowest BCUT2D eigenvalue weighted by molar-refractivity contribution is -0.134. The van der Waals surface area contributed by atoms with Crippen LogP contribution in [-0.2, 0) is 15.1 Å². The Labute approximate surface area is 219 Å². The zero-order valence-electron chi connectivity index (χ0n) is 22.3. The lowest BCUT2D eigenvalue weighted by Crippen LogP contribution is -2.54. The first kappa shape index (κ1) is 28.1. The van der Waals surface area contributed by atoms with Gasteiger partial charge in [0.05, 0.1) is 5.56 Å². The Morgan fingerprint density at radius 1 is 0.946 bits per heavy atom. The summed E-state index contributed by atoms with van der Waals surface area (Å²) >= 11 is 0. The van der Waals surface area contributed by atoms with Gasteiger partial charge in [0.25, 0.3) is 0 Å². The van der Waals surface area contributed by atoms with Gasteiger partial charge in [0, 0.05) is 29.7 Å². The van der Waals surface area contributed by atoms with Crippen LogP contribution in [0.1, 0.15) is 117 Å². The SMILES string of the molecule is CCCCCC(=O)NC1(c2ccc(C(C)C)cc2OC(=O)CCCCC)C(=O)c2cccc(N)c2C1=O. The van der Waals surface area contributed by atoms with Crippen molar-refractivity contribution in [2.45, 2.75) is 90.5 Å². The van der Waals surface area contributed by atoms with Crippen molar-refractivity contribution in [2.24, 2.45) is 0 Å². The Hall–Kier alpha value is -3.48. The topological polar surface area (TPSA) is 116 Å². The van der Waals surface area contributed by atoms with Crippen LogP contribution in [0.15, 0.2) is 36.4 Å². The number of nitrogens with one attached hydrogen (secondary N) is 1. The van der Waals surface area contributed by atoms with Gasteiger partial charge in [0.2, 0.25) is 17.5 Å². The van der Waals surface area contributed by atoms with E-state index in [1.165, 1.54) is 6.07 Å². The Morgan fingerprint density at radius 2 is 1.62 bits per heavy atom. The predicted molar refractivity (Wildman–Crippen MR) is 144 cm³/mol. The molecule has 3 rings (SSSR count). The first-order chi connectivity index (χ1) is 17.7. The van der Waals surface area contributed by atoms with Gasteiger partial charge in [0.15, 0.2) is 5.54 Å². The number of anilines is 1. The number of rotatable bonds is 12. The van der Waals surface area contributed by atoms with Crippen molar-refractivity contribution in [3.63, 3.8) is 0 Å². The fourth-order valence-electron chi connectivity index (χ4n) is 4.72. The maximum Gasteiger partial charge on any atom is 0.311 e. The van der Waals surface area contributed by atoms with Gasteiger partial charge < -0.3 is 15.8 Å². The molecule has 2 aromatic carbocycles. The molecule has 0 saturated heterocycles. The monoisotopic (exact) mass is 506 g/mol. The normalized spacial score (nSPS) is 16.7. The largest absolute Gasteiger partial charge is 0.426 e. The van der Waals surface area contributed by atoms with Crippen LogP contribution in [0.5, 0.6) is 5.75 Å². The molecule has 0 bridgehead atoms. The molecule has 7 nitrogen and oxygen atoms in total. The van der Waals surface area contributed by atoms with Gasteiger partial charge in [-0.25, -0.2) is 0 Å². The minimum atomic E-state index is -2.06. The van der Waals surface area contributed by atoms with E-state index in [0.29, 0.717) is 12.8 Å². The molecule has 1 unspecified atom stereocenters. The van der Waals surface area contributed by atoms with Crippen molar-refractivity contribution in [1.29, 1.82) is 0 Å². The Bertz CT molecular complexity index is 1190. The van der Waals surface area contributed by atoms with Gasteiger partial charge >= 0.3 is 5.97 Å². The predicted octanol–water partition coefficient (Wildman–Crippen LogP) is 5.85. The Balaban J connectivity index is 2.16. The number of fused-ring (bicyclic) bond motifs is 1. The summed E-state index contributed by atoms with van der Waals surface area (Å²) in [5.41, 5.74) is 5.48. The molecule has 37 heavy (non-hydrogen) atoms. The number of carbonyl (C=O) groups is 4. The second-order valence-corrected chi connectivity index (χ2v) is 10.0. The van der Waals surface area contributed by atoms with Crippen molar-refractivity contribution in [3.05, 3.63) is 58.7 Å². The number of ketones is 2. The number of unbranched alkanes of at least 4 members (excludes halogenated alkanes) is 4. The maximum atomic E-state index is 14.0. The zero-order valence-corrected chi connectivity index (χ0v) is 22.3. The van der Waals surface area contributed by atoms with E-state index in [2.05, 4.69) is 5.32 Å². The molecule has 7 heteroatoms. The molecule has 0 aromatic heterocycles. The third kappa shape index (κ3) is 5.76. The van der Waals surface area contributed by atoms with Crippen molar-refractivity contribution < 1.29 is 23.9 Å². The molecule has 1 aliphatic rings. The summed E-state index contributed by atoms with van der Waals surface area (Å²) in [6, 6.07) is 9.81. The minimum absolute atomic E-state index is 0.0783. The van der Waals surface area contributed by atoms with Crippen LogP contribution in [0.25, 0.3) is 0 Å². The number of Topliss-reactive ketones (excluding diaryl/α,β-unsaturated/α-hetero) is 2. The van der Waals surface area contributed by atoms with Crippen LogP contribution in [0.3, 0.4) is 0 Å². The molecule has 1 aliphatic carbocycles. The van der Waals surface area contributed by atoms with Crippen LogP contribution in [0, 0.1) is 0 Å². The molecule has 198 valence electrons. The van der Waals surface area contributed by atoms with Gasteiger partial charge in [0.1, 0.15) is 5.75 Å². The van der Waals surface area contributed by atoms with E-state index in [1.54, 1.807) is 30.3 Å². The number of hydrogen-bond acceptors (Lipinski definition) is 6. The molecule has 1 amide bonds. The highest BCUT2D eigenvalue weighted by Gasteiger charge is 2.57. The first-order valence-electron chi connectivity index (χ1n) is 13.3. The number of nitrogens with two attached hydrogens (primary N) is 1. The van der Waals surface area contributed by atoms with E-state index in [4.69, 9.17) is 10.5 Å². The smallest absolute Gasteiger partial charge is 0.311 e. The van der Waals surface area contributed by atoms with Crippen molar-refractivity contribution in [2.75, 3.05) is 5.73 Å². The van der Waals surface area contributed by atoms with Crippen molar-refractivity contribution in [3.8, 4) is 5.75 Å². The summed E-state index contributed by atoms with van der Waals surface area (Å²) < 4.78 is 5.80. The van der Waals surface area contributed by atoms with Gasteiger partial charge in [-0.2, -0.15) is 0 Å². The number of hydrogen-bond donors (Lipinski definition) is 2. The molecular weight excluding hydrogens is 468 g/mol. The van der Waals surface area contributed by atoms with E-state index in [0.717, 1.165) is 31.2 Å². The molecule has 0 spiro atoms. The number of carbonyl (C=O) groups excluding carboxylic acids is 4. The number of amides is 1. The molecule has 0 heterocycles.